The largest absolute Gasteiger partial charge is 0.361 e. The van der Waals surface area contributed by atoms with Crippen LogP contribution in [-0.4, -0.2) is 64.4 Å². The molecule has 1 aliphatic carbocycles. The van der Waals surface area contributed by atoms with Crippen molar-refractivity contribution >= 4 is 35.1 Å². The van der Waals surface area contributed by atoms with Crippen LogP contribution in [0.1, 0.15) is 95.1 Å². The van der Waals surface area contributed by atoms with Crippen molar-refractivity contribution in [3.63, 3.8) is 0 Å². The number of nitrogens with zero attached hydrogens (tertiary/aromatic N) is 3. The summed E-state index contributed by atoms with van der Waals surface area (Å²) >= 11 is 0. The molecule has 47 heavy (non-hydrogen) atoms. The fourth-order valence-electron chi connectivity index (χ4n) is 6.33. The second kappa shape index (κ2) is 14.2. The molecule has 3 atom stereocenters. The van der Waals surface area contributed by atoms with Crippen LogP contribution in [0.5, 0.6) is 0 Å². The number of ether oxygens (including phenoxy) is 1. The zero-order valence-corrected chi connectivity index (χ0v) is 28.5. The minimum absolute atomic E-state index is 0.203. The predicted molar refractivity (Wildman–Crippen MR) is 189 cm³/mol. The summed E-state index contributed by atoms with van der Waals surface area (Å²) in [6.07, 6.45) is 8.43. The molecule has 3 aliphatic rings. The first kappa shape index (κ1) is 34.0. The van der Waals surface area contributed by atoms with Gasteiger partial charge in [0.1, 0.15) is 17.3 Å². The van der Waals surface area contributed by atoms with E-state index < -0.39 is 5.60 Å². The monoisotopic (exact) mass is 638 g/mol. The van der Waals surface area contributed by atoms with E-state index in [1.165, 1.54) is 6.42 Å². The lowest BCUT2D eigenvalue weighted by molar-refractivity contribution is -0.0690. The molecule has 2 aromatic rings. The molecular weight excluding hydrogens is 588 g/mol. The number of likely N-dealkylation sites (tertiary alicyclic amines) is 1. The van der Waals surface area contributed by atoms with Gasteiger partial charge in [0, 0.05) is 25.2 Å². The SMILES string of the molecule is Cc1ccc(N=C(CC(=N)C(C)(C)C)NC(=O)NC2CCC(OC3(C)C=CC(=N)N(C(=N)N4CCCCC4)C3)c3ccccc32)cc1. The quantitative estimate of drug-likeness (QED) is 0.166. The molecule has 1 saturated heterocycles. The summed E-state index contributed by atoms with van der Waals surface area (Å²) in [5.74, 6) is 1.11. The Morgan fingerprint density at radius 3 is 2.38 bits per heavy atom. The summed E-state index contributed by atoms with van der Waals surface area (Å²) < 4.78 is 6.82. The minimum Gasteiger partial charge on any atom is -0.361 e. The lowest BCUT2D eigenvalue weighted by Crippen LogP contribution is -2.55. The van der Waals surface area contributed by atoms with Crippen molar-refractivity contribution < 1.29 is 9.53 Å². The van der Waals surface area contributed by atoms with E-state index in [1.54, 1.807) is 11.0 Å². The second-order valence-corrected chi connectivity index (χ2v) is 14.3. The van der Waals surface area contributed by atoms with Gasteiger partial charge in [0.15, 0.2) is 5.96 Å². The third-order valence-electron chi connectivity index (χ3n) is 9.23. The number of aryl methyl sites for hydroxylation is 1. The number of carbonyl (C=O) groups is 1. The summed E-state index contributed by atoms with van der Waals surface area (Å²) in [7, 11) is 0. The van der Waals surface area contributed by atoms with Crippen LogP contribution < -0.4 is 10.6 Å². The molecule has 10 nitrogen and oxygen atoms in total. The molecule has 2 amide bonds. The highest BCUT2D eigenvalue weighted by Crippen LogP contribution is 2.41. The molecular formula is C37H50N8O2. The number of benzene rings is 2. The second-order valence-electron chi connectivity index (χ2n) is 14.3. The maximum atomic E-state index is 13.5. The van der Waals surface area contributed by atoms with Gasteiger partial charge in [-0.1, -0.05) is 62.7 Å². The first-order valence-electron chi connectivity index (χ1n) is 16.8. The molecule has 2 heterocycles. The molecule has 0 spiro atoms. The number of urea groups is 1. The lowest BCUT2D eigenvalue weighted by atomic mass is 9.85. The first-order valence-corrected chi connectivity index (χ1v) is 16.8. The van der Waals surface area contributed by atoms with Crippen molar-refractivity contribution in [3.8, 4) is 0 Å². The number of amides is 2. The van der Waals surface area contributed by atoms with Gasteiger partial charge in [-0.25, -0.2) is 9.79 Å². The average molecular weight is 639 g/mol. The van der Waals surface area contributed by atoms with Crippen LogP contribution in [0.3, 0.4) is 0 Å². The number of aliphatic imine (C=N–C) groups is 1. The number of guanidine groups is 1. The van der Waals surface area contributed by atoms with Gasteiger partial charge in [-0.2, -0.15) is 0 Å². The third-order valence-corrected chi connectivity index (χ3v) is 9.23. The summed E-state index contributed by atoms with van der Waals surface area (Å²) in [4.78, 5) is 22.0. The Hall–Kier alpha value is -4.31. The van der Waals surface area contributed by atoms with Crippen LogP contribution in [0, 0.1) is 28.6 Å². The predicted octanol–water partition coefficient (Wildman–Crippen LogP) is 7.40. The number of amidine groups is 2. The third kappa shape index (κ3) is 8.54. The molecule has 5 rings (SSSR count). The fraction of sp³-hybridized carbons (Fsp3) is 0.486. The van der Waals surface area contributed by atoms with E-state index in [1.807, 2.05) is 83.2 Å². The highest BCUT2D eigenvalue weighted by atomic mass is 16.5. The van der Waals surface area contributed by atoms with Crippen molar-refractivity contribution in [2.75, 3.05) is 19.6 Å². The van der Waals surface area contributed by atoms with Crippen molar-refractivity contribution in [3.05, 3.63) is 77.4 Å². The number of nitrogens with one attached hydrogen (secondary N) is 5. The van der Waals surface area contributed by atoms with Crippen LogP contribution in [0.25, 0.3) is 0 Å². The summed E-state index contributed by atoms with van der Waals surface area (Å²) in [5.41, 5.74) is 3.32. The van der Waals surface area contributed by atoms with Crippen LogP contribution >= 0.6 is 0 Å². The Balaban J connectivity index is 1.28. The number of piperidine rings is 1. The van der Waals surface area contributed by atoms with Crippen molar-refractivity contribution in [1.82, 2.24) is 20.4 Å². The Labute approximate surface area is 279 Å². The molecule has 0 bridgehead atoms. The highest BCUT2D eigenvalue weighted by Gasteiger charge is 2.38. The summed E-state index contributed by atoms with van der Waals surface area (Å²) in [6, 6.07) is 15.3. The molecule has 250 valence electrons. The van der Waals surface area contributed by atoms with Crippen molar-refractivity contribution in [1.29, 1.82) is 16.2 Å². The molecule has 0 saturated carbocycles. The number of hydrogen-bond acceptors (Lipinski definition) is 6. The number of carbonyl (C=O) groups excluding carboxylic acids is 1. The van der Waals surface area contributed by atoms with E-state index in [0.717, 1.165) is 48.3 Å². The molecule has 0 radical (unpaired) electrons. The van der Waals surface area contributed by atoms with Gasteiger partial charge in [-0.05, 0) is 86.8 Å². The number of hydrogen-bond donors (Lipinski definition) is 5. The standard InChI is InChI=1S/C37H50N8O2/c1-25-13-15-26(16-14-25)41-33(23-31(38)36(2,3)4)43-35(46)42-29-17-18-30(28-12-8-7-11-27(28)29)47-37(5)20-19-32(39)45(24-37)34(40)44-21-9-6-10-22-44/h7-8,11-16,19-20,29-30,38-40H,6,9-10,17-18,21-24H2,1-5H3,(H2,41,42,43,46). The van der Waals surface area contributed by atoms with Gasteiger partial charge in [-0.3, -0.25) is 21.0 Å². The van der Waals surface area contributed by atoms with E-state index in [4.69, 9.17) is 26.0 Å². The number of fused-ring (bicyclic) bond motifs is 1. The normalized spacial score (nSPS) is 23.3. The van der Waals surface area contributed by atoms with Gasteiger partial charge < -0.3 is 20.4 Å². The van der Waals surface area contributed by atoms with Gasteiger partial charge in [0.25, 0.3) is 0 Å². The molecule has 2 aromatic carbocycles. The molecule has 2 aliphatic heterocycles. The van der Waals surface area contributed by atoms with Gasteiger partial charge in [-0.15, -0.1) is 0 Å². The van der Waals surface area contributed by atoms with Gasteiger partial charge in [0.05, 0.1) is 24.4 Å². The van der Waals surface area contributed by atoms with E-state index >= 15 is 0 Å². The maximum Gasteiger partial charge on any atom is 0.320 e. The Morgan fingerprint density at radius 2 is 1.70 bits per heavy atom. The smallest absolute Gasteiger partial charge is 0.320 e. The first-order chi connectivity index (χ1) is 22.3. The average Bonchev–Trinajstić information content (AvgIpc) is 3.04. The van der Waals surface area contributed by atoms with Gasteiger partial charge in [0.2, 0.25) is 0 Å². The van der Waals surface area contributed by atoms with E-state index in [9.17, 15) is 4.79 Å². The fourth-order valence-corrected chi connectivity index (χ4v) is 6.33. The number of rotatable bonds is 6. The van der Waals surface area contributed by atoms with Crippen molar-refractivity contribution in [2.24, 2.45) is 10.4 Å². The Morgan fingerprint density at radius 1 is 1.02 bits per heavy atom. The maximum absolute atomic E-state index is 13.5. The molecule has 10 heteroatoms. The zero-order valence-electron chi connectivity index (χ0n) is 28.5. The van der Waals surface area contributed by atoms with Crippen molar-refractivity contribution in [2.45, 2.75) is 90.9 Å². The van der Waals surface area contributed by atoms with Crippen LogP contribution in [0.15, 0.2) is 65.7 Å². The molecule has 1 fully saturated rings. The van der Waals surface area contributed by atoms with E-state index in [2.05, 4.69) is 21.6 Å². The molecule has 3 unspecified atom stereocenters. The Bertz CT molecular complexity index is 1550. The van der Waals surface area contributed by atoms with Crippen LogP contribution in [0.2, 0.25) is 0 Å². The lowest BCUT2D eigenvalue weighted by Gasteiger charge is -2.43. The van der Waals surface area contributed by atoms with Crippen LogP contribution in [0.4, 0.5) is 10.5 Å². The highest BCUT2D eigenvalue weighted by molar-refractivity contribution is 6.10. The zero-order chi connectivity index (χ0) is 33.8. The topological polar surface area (TPSA) is 141 Å². The molecule has 0 aromatic heterocycles. The summed E-state index contributed by atoms with van der Waals surface area (Å²) in [6.45, 7) is 12.1. The Kier molecular flexibility index (Phi) is 10.3. The van der Waals surface area contributed by atoms with Gasteiger partial charge >= 0.3 is 6.03 Å². The minimum atomic E-state index is -0.694. The van der Waals surface area contributed by atoms with Crippen LogP contribution in [-0.2, 0) is 4.74 Å². The van der Waals surface area contributed by atoms with E-state index in [-0.39, 0.29) is 30.0 Å². The molecule has 5 N–H and O–H groups in total. The summed E-state index contributed by atoms with van der Waals surface area (Å²) in [5, 5.41) is 32.1. The van der Waals surface area contributed by atoms with E-state index in [0.29, 0.717) is 42.7 Å².